The van der Waals surface area contributed by atoms with E-state index >= 15 is 0 Å². The summed E-state index contributed by atoms with van der Waals surface area (Å²) in [6.07, 6.45) is 8.52. The highest BCUT2D eigenvalue weighted by atomic mass is 16.2. The number of nitrogens with two attached hydrogens (primary N) is 1. The highest BCUT2D eigenvalue weighted by Crippen LogP contribution is 2.32. The van der Waals surface area contributed by atoms with Crippen molar-refractivity contribution < 1.29 is 0 Å². The third kappa shape index (κ3) is 5.83. The topological polar surface area (TPSA) is 106 Å². The smallest absolute Gasteiger partial charge is 0.332 e. The van der Waals surface area contributed by atoms with Crippen LogP contribution in [0.1, 0.15) is 59.6 Å². The second kappa shape index (κ2) is 13.2. The molecule has 41 heavy (non-hydrogen) atoms. The summed E-state index contributed by atoms with van der Waals surface area (Å²) >= 11 is 0. The van der Waals surface area contributed by atoms with E-state index in [1.165, 1.54) is 9.13 Å². The molecule has 1 fully saturated rings. The number of aliphatic imine (C=N–C) groups is 1. The molecule has 0 saturated carbocycles. The first-order valence-electron chi connectivity index (χ1n) is 14.7. The molecule has 0 aromatic carbocycles. The molecule has 2 aromatic heterocycles. The maximum Gasteiger partial charge on any atom is 0.332 e. The Morgan fingerprint density at radius 3 is 2.73 bits per heavy atom. The van der Waals surface area contributed by atoms with Crippen molar-refractivity contribution in [1.29, 1.82) is 0 Å². The van der Waals surface area contributed by atoms with Crippen LogP contribution in [0, 0.1) is 11.8 Å². The van der Waals surface area contributed by atoms with E-state index in [1.54, 1.807) is 14.0 Å². The number of piperidine rings is 1. The zero-order valence-corrected chi connectivity index (χ0v) is 25.3. The molecule has 3 N–H and O–H groups in total. The average molecular weight is 561 g/mol. The van der Waals surface area contributed by atoms with Gasteiger partial charge in [0.15, 0.2) is 6.29 Å². The Balaban J connectivity index is 0.00000189. The molecule has 0 amide bonds. The van der Waals surface area contributed by atoms with Crippen molar-refractivity contribution in [2.75, 3.05) is 29.9 Å². The summed E-state index contributed by atoms with van der Waals surface area (Å²) in [4.78, 5) is 37.0. The maximum atomic E-state index is 14.1. The summed E-state index contributed by atoms with van der Waals surface area (Å²) in [5.74, 6) is 6.59. The van der Waals surface area contributed by atoms with Gasteiger partial charge in [-0.05, 0) is 50.8 Å². The standard InChI is InChI=1S/C29H38N8O2.C2H6/c1-5-8-16-36-25-26(32-28(36)35-15-9-12-21(30)18-35)33(4)29(39)37(27(25)38)19-23-24-13-10-14-34(24)17-20(11-6-2)22(7-3)31-23;1-2/h6,10-11,13-14,21,28,32H,7,9,12,15-19,30H2,1-4H3;1-2H3/b11-6-;. The maximum absolute atomic E-state index is 14.1. The molecular weight excluding hydrogens is 516 g/mol. The summed E-state index contributed by atoms with van der Waals surface area (Å²) < 4.78 is 4.96. The Hall–Kier alpha value is -3.81. The van der Waals surface area contributed by atoms with Crippen molar-refractivity contribution in [2.24, 2.45) is 17.8 Å². The van der Waals surface area contributed by atoms with E-state index in [9.17, 15) is 9.59 Å². The fraction of sp³-hybridized carbons (Fsp3) is 0.516. The van der Waals surface area contributed by atoms with Gasteiger partial charge in [-0.25, -0.2) is 4.79 Å². The van der Waals surface area contributed by atoms with Gasteiger partial charge in [-0.2, -0.15) is 0 Å². The summed E-state index contributed by atoms with van der Waals surface area (Å²) in [7, 11) is 1.71. The molecule has 1 saturated heterocycles. The molecule has 3 aliphatic rings. The predicted octanol–water partition coefficient (Wildman–Crippen LogP) is 3.08. The molecule has 2 unspecified atom stereocenters. The molecule has 2 atom stereocenters. The van der Waals surface area contributed by atoms with Crippen molar-refractivity contribution in [3.8, 4) is 11.8 Å². The zero-order chi connectivity index (χ0) is 29.7. The number of allylic oxidation sites excluding steroid dienone is 4. The van der Waals surface area contributed by atoms with E-state index in [1.807, 2.05) is 50.1 Å². The quantitative estimate of drug-likeness (QED) is 0.526. The van der Waals surface area contributed by atoms with Crippen LogP contribution in [-0.2, 0) is 20.1 Å². The summed E-state index contributed by atoms with van der Waals surface area (Å²) in [5.41, 5.74) is 9.69. The molecule has 0 bridgehead atoms. The number of fused-ring (bicyclic) bond motifs is 2. The van der Waals surface area contributed by atoms with E-state index in [2.05, 4.69) is 39.6 Å². The van der Waals surface area contributed by atoms with Crippen LogP contribution in [0.25, 0.3) is 0 Å². The number of hydrogen-bond acceptors (Lipinski definition) is 7. The third-order valence-electron chi connectivity index (χ3n) is 7.75. The second-order valence-corrected chi connectivity index (χ2v) is 10.3. The summed E-state index contributed by atoms with van der Waals surface area (Å²) in [6.45, 7) is 12.5. The van der Waals surface area contributed by atoms with Crippen LogP contribution in [0.15, 0.2) is 56.3 Å². The Bertz CT molecular complexity index is 1530. The molecule has 220 valence electrons. The Morgan fingerprint density at radius 2 is 2.05 bits per heavy atom. The highest BCUT2D eigenvalue weighted by molar-refractivity contribution is 6.00. The number of aromatic nitrogens is 3. The van der Waals surface area contributed by atoms with Crippen LogP contribution < -0.4 is 27.2 Å². The molecule has 10 heteroatoms. The molecule has 0 spiro atoms. The van der Waals surface area contributed by atoms with Crippen molar-refractivity contribution in [3.63, 3.8) is 0 Å². The van der Waals surface area contributed by atoms with Crippen LogP contribution >= 0.6 is 0 Å². The molecule has 3 aliphatic heterocycles. The van der Waals surface area contributed by atoms with Crippen molar-refractivity contribution in [1.82, 2.24) is 18.6 Å². The lowest BCUT2D eigenvalue weighted by Gasteiger charge is -2.39. The van der Waals surface area contributed by atoms with Gasteiger partial charge in [-0.1, -0.05) is 38.8 Å². The monoisotopic (exact) mass is 560 g/mol. The highest BCUT2D eigenvalue weighted by Gasteiger charge is 2.39. The van der Waals surface area contributed by atoms with Gasteiger partial charge in [-0.3, -0.25) is 23.8 Å². The first-order valence-corrected chi connectivity index (χ1v) is 14.7. The number of anilines is 2. The molecule has 5 rings (SSSR count). The minimum atomic E-state index is -0.385. The summed E-state index contributed by atoms with van der Waals surface area (Å²) in [6, 6.07) is 4.04. The molecule has 2 aromatic rings. The lowest BCUT2D eigenvalue weighted by molar-refractivity contribution is 0.165. The van der Waals surface area contributed by atoms with E-state index in [0.717, 1.165) is 42.8 Å². The SMILES string of the molecule is CC.CC#CCN1c2c(n(C)c(=O)n(CC3=NC(CC)=C(/C=C\C)Cn4cccc43)c2=O)NC1N1CCCC(N)C1. The molecule has 5 heterocycles. The van der Waals surface area contributed by atoms with Gasteiger partial charge < -0.3 is 20.5 Å². The molecular formula is C31H44N8O2. The van der Waals surface area contributed by atoms with E-state index < -0.39 is 0 Å². The van der Waals surface area contributed by atoms with Crippen LogP contribution in [0.2, 0.25) is 0 Å². The van der Waals surface area contributed by atoms with Gasteiger partial charge in [0.25, 0.3) is 5.56 Å². The molecule has 10 nitrogen and oxygen atoms in total. The second-order valence-electron chi connectivity index (χ2n) is 10.3. The number of hydrogen-bond donors (Lipinski definition) is 2. The Kier molecular flexibility index (Phi) is 9.73. The average Bonchev–Trinajstić information content (AvgIpc) is 3.57. The Labute approximate surface area is 242 Å². The lowest BCUT2D eigenvalue weighted by atomic mass is 10.1. The number of nitrogens with one attached hydrogen (secondary N) is 1. The Morgan fingerprint density at radius 1 is 1.27 bits per heavy atom. The van der Waals surface area contributed by atoms with Crippen LogP contribution in [0.4, 0.5) is 11.5 Å². The van der Waals surface area contributed by atoms with E-state index in [-0.39, 0.29) is 30.1 Å². The first-order chi connectivity index (χ1) is 19.9. The minimum Gasteiger partial charge on any atom is -0.342 e. The normalized spacial score (nSPS) is 20.4. The van der Waals surface area contributed by atoms with Crippen LogP contribution in [0.3, 0.4) is 0 Å². The fourth-order valence-electron chi connectivity index (χ4n) is 5.82. The van der Waals surface area contributed by atoms with Gasteiger partial charge in [0.1, 0.15) is 11.5 Å². The molecule has 0 aliphatic carbocycles. The number of nitrogens with zero attached hydrogens (tertiary/aromatic N) is 6. The van der Waals surface area contributed by atoms with Crippen molar-refractivity contribution in [2.45, 2.75) is 79.3 Å². The molecule has 0 radical (unpaired) electrons. The number of likely N-dealkylation sites (tertiary alicyclic amines) is 1. The predicted molar refractivity (Wildman–Crippen MR) is 167 cm³/mol. The van der Waals surface area contributed by atoms with E-state index in [4.69, 9.17) is 10.7 Å². The van der Waals surface area contributed by atoms with Crippen molar-refractivity contribution >= 4 is 17.2 Å². The third-order valence-corrected chi connectivity index (χ3v) is 7.75. The largest absolute Gasteiger partial charge is 0.342 e. The van der Waals surface area contributed by atoms with Gasteiger partial charge in [-0.15, -0.1) is 5.92 Å². The lowest BCUT2D eigenvalue weighted by Crippen LogP contribution is -2.56. The van der Waals surface area contributed by atoms with Crippen molar-refractivity contribution in [3.05, 3.63) is 68.3 Å². The number of rotatable bonds is 6. The van der Waals surface area contributed by atoms with Gasteiger partial charge in [0.05, 0.1) is 24.5 Å². The minimum absolute atomic E-state index is 0.0709. The summed E-state index contributed by atoms with van der Waals surface area (Å²) in [5, 5.41) is 3.45. The first kappa shape index (κ1) is 30.2. The van der Waals surface area contributed by atoms with Gasteiger partial charge in [0.2, 0.25) is 0 Å². The van der Waals surface area contributed by atoms with Crippen LogP contribution in [0.5, 0.6) is 0 Å². The fourth-order valence-corrected chi connectivity index (χ4v) is 5.82. The van der Waals surface area contributed by atoms with Gasteiger partial charge >= 0.3 is 5.69 Å². The zero-order valence-electron chi connectivity index (χ0n) is 25.3. The van der Waals surface area contributed by atoms with E-state index in [0.29, 0.717) is 36.9 Å². The van der Waals surface area contributed by atoms with Gasteiger partial charge in [0, 0.05) is 44.6 Å². The van der Waals surface area contributed by atoms with Crippen LogP contribution in [-0.4, -0.2) is 56.3 Å².